The van der Waals surface area contributed by atoms with Gasteiger partial charge in [-0.1, -0.05) is 45.7 Å². The molecule has 0 amide bonds. The molecule has 4 nitrogen and oxygen atoms in total. The highest BCUT2D eigenvalue weighted by Gasteiger charge is 2.22. The smallest absolute Gasteiger partial charge is 0.147 e. The van der Waals surface area contributed by atoms with Crippen LogP contribution in [0.2, 0.25) is 5.02 Å². The number of hydrogen-bond donors (Lipinski definition) is 2. The molecule has 0 aliphatic carbocycles. The van der Waals surface area contributed by atoms with Gasteiger partial charge in [0.1, 0.15) is 17.1 Å². The van der Waals surface area contributed by atoms with Crippen molar-refractivity contribution < 1.29 is 5.11 Å². The third-order valence-corrected chi connectivity index (χ3v) is 5.10. The Hall–Kier alpha value is -2.63. The lowest BCUT2D eigenvalue weighted by molar-refractivity contribution is 0.471. The molecule has 1 unspecified atom stereocenters. The Balaban J connectivity index is 1.91. The number of pyridine rings is 2. The molecular formula is C21H15BrClN3O. The van der Waals surface area contributed by atoms with Crippen molar-refractivity contribution in [3.63, 3.8) is 0 Å². The number of fused-ring (bicyclic) bond motifs is 1. The van der Waals surface area contributed by atoms with Gasteiger partial charge in [0.15, 0.2) is 0 Å². The van der Waals surface area contributed by atoms with Gasteiger partial charge in [-0.15, -0.1) is 0 Å². The third-order valence-electron chi connectivity index (χ3n) is 4.30. The number of rotatable bonds is 4. The first kappa shape index (κ1) is 17.8. The number of halogens is 2. The van der Waals surface area contributed by atoms with Crippen molar-refractivity contribution in [3.8, 4) is 5.75 Å². The van der Waals surface area contributed by atoms with E-state index in [-0.39, 0.29) is 11.8 Å². The Bertz CT molecular complexity index is 1110. The summed E-state index contributed by atoms with van der Waals surface area (Å²) in [6.07, 6.45) is 3.36. The van der Waals surface area contributed by atoms with Crippen LogP contribution in [0.15, 0.2) is 77.5 Å². The zero-order valence-corrected chi connectivity index (χ0v) is 16.4. The van der Waals surface area contributed by atoms with Crippen molar-refractivity contribution in [2.45, 2.75) is 6.04 Å². The molecule has 1 atom stereocenters. The molecule has 0 saturated heterocycles. The molecule has 27 heavy (non-hydrogen) atoms. The SMILES string of the molecule is Oc1c(C(Nc2ccccn2)c2cccc(Br)c2)cc(Cl)c2cccnc12. The van der Waals surface area contributed by atoms with Gasteiger partial charge in [0, 0.05) is 27.8 Å². The van der Waals surface area contributed by atoms with Gasteiger partial charge < -0.3 is 10.4 Å². The van der Waals surface area contributed by atoms with Crippen LogP contribution in [0.3, 0.4) is 0 Å². The lowest BCUT2D eigenvalue weighted by Crippen LogP contribution is -2.14. The molecule has 2 heterocycles. The van der Waals surface area contributed by atoms with E-state index in [0.717, 1.165) is 10.0 Å². The molecule has 0 saturated carbocycles. The summed E-state index contributed by atoms with van der Waals surface area (Å²) < 4.78 is 0.942. The predicted molar refractivity (Wildman–Crippen MR) is 112 cm³/mol. The molecule has 0 aliphatic rings. The summed E-state index contributed by atoms with van der Waals surface area (Å²) in [5.41, 5.74) is 2.06. The van der Waals surface area contributed by atoms with E-state index in [1.807, 2.05) is 48.5 Å². The summed E-state index contributed by atoms with van der Waals surface area (Å²) in [7, 11) is 0. The van der Waals surface area contributed by atoms with E-state index in [9.17, 15) is 5.11 Å². The number of nitrogens with one attached hydrogen (secondary N) is 1. The Kier molecular flexibility index (Phi) is 4.97. The van der Waals surface area contributed by atoms with E-state index < -0.39 is 0 Å². The molecule has 2 aromatic carbocycles. The number of hydrogen-bond acceptors (Lipinski definition) is 4. The Labute approximate surface area is 170 Å². The number of phenols is 1. The summed E-state index contributed by atoms with van der Waals surface area (Å²) in [6.45, 7) is 0. The average molecular weight is 441 g/mol. The number of aromatic hydroxyl groups is 1. The van der Waals surface area contributed by atoms with Gasteiger partial charge in [-0.25, -0.2) is 4.98 Å². The monoisotopic (exact) mass is 439 g/mol. The summed E-state index contributed by atoms with van der Waals surface area (Å²) in [4.78, 5) is 8.67. The maximum absolute atomic E-state index is 11.0. The second-order valence-electron chi connectivity index (χ2n) is 6.04. The van der Waals surface area contributed by atoms with E-state index in [1.165, 1.54) is 0 Å². The van der Waals surface area contributed by atoms with Crippen molar-refractivity contribution in [1.82, 2.24) is 9.97 Å². The first-order valence-corrected chi connectivity index (χ1v) is 9.49. The van der Waals surface area contributed by atoms with Crippen LogP contribution in [-0.4, -0.2) is 15.1 Å². The molecule has 0 bridgehead atoms. The van der Waals surface area contributed by atoms with Crippen LogP contribution in [0.4, 0.5) is 5.82 Å². The van der Waals surface area contributed by atoms with Crippen LogP contribution in [-0.2, 0) is 0 Å². The van der Waals surface area contributed by atoms with Crippen LogP contribution in [0.5, 0.6) is 5.75 Å². The van der Waals surface area contributed by atoms with Crippen LogP contribution < -0.4 is 5.32 Å². The van der Waals surface area contributed by atoms with Crippen LogP contribution >= 0.6 is 27.5 Å². The molecule has 2 aromatic heterocycles. The molecule has 2 N–H and O–H groups in total. The zero-order valence-electron chi connectivity index (χ0n) is 14.1. The fourth-order valence-corrected chi connectivity index (χ4v) is 3.74. The van der Waals surface area contributed by atoms with E-state index in [4.69, 9.17) is 11.6 Å². The molecule has 0 fully saturated rings. The second-order valence-corrected chi connectivity index (χ2v) is 7.37. The standard InChI is InChI=1S/C21H15BrClN3O/c22-14-6-3-5-13(11-14)19(26-18-8-1-2-9-24-18)16-12-17(23)15-7-4-10-25-20(15)21(16)27/h1-12,19,27H,(H,24,26). The van der Waals surface area contributed by atoms with E-state index in [0.29, 0.717) is 27.3 Å². The minimum atomic E-state index is -0.360. The Morgan fingerprint density at radius 1 is 0.963 bits per heavy atom. The minimum absolute atomic E-state index is 0.100. The molecule has 4 rings (SSSR count). The fourth-order valence-electron chi connectivity index (χ4n) is 3.05. The summed E-state index contributed by atoms with van der Waals surface area (Å²) in [5, 5.41) is 15.6. The predicted octanol–water partition coefficient (Wildman–Crippen LogP) is 5.95. The summed E-state index contributed by atoms with van der Waals surface area (Å²) in [6, 6.07) is 18.6. The zero-order chi connectivity index (χ0) is 18.8. The number of aromatic nitrogens is 2. The molecular weight excluding hydrogens is 426 g/mol. The number of anilines is 1. The van der Waals surface area contributed by atoms with Gasteiger partial charge >= 0.3 is 0 Å². The Morgan fingerprint density at radius 2 is 1.81 bits per heavy atom. The van der Waals surface area contributed by atoms with Crippen LogP contribution in [0.25, 0.3) is 10.9 Å². The Morgan fingerprint density at radius 3 is 2.59 bits per heavy atom. The highest BCUT2D eigenvalue weighted by molar-refractivity contribution is 9.10. The van der Waals surface area contributed by atoms with Gasteiger partial charge in [-0.3, -0.25) is 4.98 Å². The molecule has 134 valence electrons. The van der Waals surface area contributed by atoms with Crippen molar-refractivity contribution in [2.75, 3.05) is 5.32 Å². The second kappa shape index (κ2) is 7.55. The molecule has 0 radical (unpaired) electrons. The minimum Gasteiger partial charge on any atom is -0.505 e. The quantitative estimate of drug-likeness (QED) is 0.411. The maximum Gasteiger partial charge on any atom is 0.147 e. The van der Waals surface area contributed by atoms with Gasteiger partial charge in [-0.2, -0.15) is 0 Å². The largest absolute Gasteiger partial charge is 0.505 e. The van der Waals surface area contributed by atoms with Gasteiger partial charge in [-0.05, 0) is 48.0 Å². The maximum atomic E-state index is 11.0. The first-order chi connectivity index (χ1) is 13.1. The highest BCUT2D eigenvalue weighted by atomic mass is 79.9. The number of phenolic OH excluding ortho intramolecular Hbond substituents is 1. The lowest BCUT2D eigenvalue weighted by Gasteiger charge is -2.22. The third kappa shape index (κ3) is 3.61. The summed E-state index contributed by atoms with van der Waals surface area (Å²) in [5.74, 6) is 0.794. The normalized spacial score (nSPS) is 12.1. The van der Waals surface area contributed by atoms with Crippen molar-refractivity contribution in [1.29, 1.82) is 0 Å². The average Bonchev–Trinajstić information content (AvgIpc) is 2.70. The first-order valence-electron chi connectivity index (χ1n) is 8.32. The fraction of sp³-hybridized carbons (Fsp3) is 0.0476. The lowest BCUT2D eigenvalue weighted by atomic mass is 9.96. The van der Waals surface area contributed by atoms with Crippen LogP contribution in [0.1, 0.15) is 17.2 Å². The van der Waals surface area contributed by atoms with E-state index in [1.54, 1.807) is 24.5 Å². The topological polar surface area (TPSA) is 58.0 Å². The van der Waals surface area contributed by atoms with E-state index in [2.05, 4.69) is 31.2 Å². The van der Waals surface area contributed by atoms with Crippen LogP contribution in [0, 0.1) is 0 Å². The molecule has 0 spiro atoms. The molecule has 0 aliphatic heterocycles. The van der Waals surface area contributed by atoms with E-state index >= 15 is 0 Å². The number of benzene rings is 2. The number of nitrogens with zero attached hydrogens (tertiary/aromatic N) is 2. The van der Waals surface area contributed by atoms with Gasteiger partial charge in [0.05, 0.1) is 11.1 Å². The van der Waals surface area contributed by atoms with Crippen molar-refractivity contribution in [2.24, 2.45) is 0 Å². The molecule has 6 heteroatoms. The van der Waals surface area contributed by atoms with Gasteiger partial charge in [0.2, 0.25) is 0 Å². The summed E-state index contributed by atoms with van der Waals surface area (Å²) >= 11 is 10.0. The highest BCUT2D eigenvalue weighted by Crippen LogP contribution is 2.39. The van der Waals surface area contributed by atoms with Gasteiger partial charge in [0.25, 0.3) is 0 Å². The van der Waals surface area contributed by atoms with Crippen molar-refractivity contribution >= 4 is 44.3 Å². The van der Waals surface area contributed by atoms with Crippen molar-refractivity contribution in [3.05, 3.63) is 93.7 Å². The molecule has 4 aromatic rings.